The SMILES string of the molecule is NCC[SiH2][SiH2][SiH3]. The van der Waals surface area contributed by atoms with Crippen LogP contribution >= 0.6 is 0 Å². The average molecular weight is 135 g/mol. The van der Waals surface area contributed by atoms with Gasteiger partial charge in [-0.15, -0.1) is 0 Å². The summed E-state index contributed by atoms with van der Waals surface area (Å²) in [5.41, 5.74) is 5.29. The van der Waals surface area contributed by atoms with Crippen LogP contribution in [0.15, 0.2) is 0 Å². The maximum absolute atomic E-state index is 5.29. The summed E-state index contributed by atoms with van der Waals surface area (Å²) in [6.07, 6.45) is 0. The van der Waals surface area contributed by atoms with Crippen molar-refractivity contribution in [1.29, 1.82) is 0 Å². The molecule has 0 aromatic rings. The second-order valence-electron chi connectivity index (χ2n) is 1.50. The number of hydrogen-bond donors (Lipinski definition) is 1. The van der Waals surface area contributed by atoms with Gasteiger partial charge in [-0.3, -0.25) is 0 Å². The third-order valence-electron chi connectivity index (χ3n) is 0.808. The lowest BCUT2D eigenvalue weighted by Crippen LogP contribution is -2.08. The Kier molecular flexibility index (Phi) is 6.18. The minimum absolute atomic E-state index is 0.497. The Morgan fingerprint density at radius 1 is 1.67 bits per heavy atom. The lowest BCUT2D eigenvalue weighted by molar-refractivity contribution is 1.13. The maximum Gasteiger partial charge on any atom is 0.00618 e. The van der Waals surface area contributed by atoms with Crippen molar-refractivity contribution in [2.45, 2.75) is 6.04 Å². The van der Waals surface area contributed by atoms with E-state index in [2.05, 4.69) is 0 Å². The van der Waals surface area contributed by atoms with E-state index in [4.69, 9.17) is 5.73 Å². The molecule has 0 bridgehead atoms. The Morgan fingerprint density at radius 3 is 2.50 bits per heavy atom. The molecule has 2 N–H and O–H groups in total. The molecule has 38 valence electrons. The third-order valence-corrected chi connectivity index (χ3v) is 12.4. The van der Waals surface area contributed by atoms with Crippen molar-refractivity contribution in [2.75, 3.05) is 6.54 Å². The average Bonchev–Trinajstić information content (AvgIpc) is 1.61. The summed E-state index contributed by atoms with van der Waals surface area (Å²) in [4.78, 5) is 0. The predicted octanol–water partition coefficient (Wildman–Crippen LogP) is -3.10. The summed E-state index contributed by atoms with van der Waals surface area (Å²) in [5, 5.41) is 0. The normalized spacial score (nSPS) is 13.5. The van der Waals surface area contributed by atoms with Crippen LogP contribution in [0, 0.1) is 0 Å². The second-order valence-corrected chi connectivity index (χ2v) is 18.0. The van der Waals surface area contributed by atoms with Crippen LogP contribution in [-0.2, 0) is 0 Å². The van der Waals surface area contributed by atoms with Gasteiger partial charge < -0.3 is 5.73 Å². The van der Waals surface area contributed by atoms with Crippen molar-refractivity contribution < 1.29 is 0 Å². The van der Waals surface area contributed by atoms with Gasteiger partial charge in [-0.05, 0) is 24.9 Å². The largest absolute Gasteiger partial charge is 0.331 e. The van der Waals surface area contributed by atoms with E-state index in [1.807, 2.05) is 0 Å². The van der Waals surface area contributed by atoms with Crippen LogP contribution in [0.25, 0.3) is 0 Å². The van der Waals surface area contributed by atoms with Gasteiger partial charge in [-0.2, -0.15) is 0 Å². The molecule has 0 unspecified atom stereocenters. The van der Waals surface area contributed by atoms with E-state index in [0.29, 0.717) is 17.6 Å². The fourth-order valence-electron chi connectivity index (χ4n) is 0.394. The van der Waals surface area contributed by atoms with E-state index in [-0.39, 0.29) is 0 Å². The first-order chi connectivity index (χ1) is 2.91. The topological polar surface area (TPSA) is 26.0 Å². The molecule has 6 heavy (non-hydrogen) atoms. The van der Waals surface area contributed by atoms with Gasteiger partial charge >= 0.3 is 0 Å². The molecule has 0 aromatic heterocycles. The van der Waals surface area contributed by atoms with Crippen LogP contribution in [0.3, 0.4) is 0 Å². The fourth-order valence-corrected chi connectivity index (χ4v) is 8.05. The lowest BCUT2D eigenvalue weighted by atomic mass is 10.8. The number of hydrogen-bond acceptors (Lipinski definition) is 1. The molecular formula is C2H13NSi3. The molecule has 0 aliphatic rings. The van der Waals surface area contributed by atoms with Crippen molar-refractivity contribution in [3.63, 3.8) is 0 Å². The molecule has 4 heteroatoms. The predicted molar refractivity (Wildman–Crippen MR) is 40.9 cm³/mol. The zero-order chi connectivity index (χ0) is 4.83. The van der Waals surface area contributed by atoms with Crippen molar-refractivity contribution in [3.8, 4) is 0 Å². The summed E-state index contributed by atoms with van der Waals surface area (Å²) in [6.45, 7) is 0.974. The van der Waals surface area contributed by atoms with E-state index in [0.717, 1.165) is 6.54 Å². The lowest BCUT2D eigenvalue weighted by Gasteiger charge is -1.84. The van der Waals surface area contributed by atoms with Crippen LogP contribution in [0.2, 0.25) is 6.04 Å². The molecule has 0 fully saturated rings. The third kappa shape index (κ3) is 4.61. The van der Waals surface area contributed by atoms with E-state index in [1.165, 1.54) is 6.04 Å². The van der Waals surface area contributed by atoms with Crippen molar-refractivity contribution >= 4 is 27.4 Å². The quantitative estimate of drug-likeness (QED) is 0.322. The molecule has 0 aliphatic carbocycles. The number of rotatable bonds is 3. The van der Waals surface area contributed by atoms with E-state index < -0.39 is 0 Å². The van der Waals surface area contributed by atoms with Crippen LogP contribution in [0.5, 0.6) is 0 Å². The summed E-state index contributed by atoms with van der Waals surface area (Å²) in [5.74, 6) is 0. The molecule has 0 rings (SSSR count). The van der Waals surface area contributed by atoms with Gasteiger partial charge in [-0.1, -0.05) is 6.04 Å². The fraction of sp³-hybridized carbons (Fsp3) is 1.00. The van der Waals surface area contributed by atoms with Gasteiger partial charge in [0.25, 0.3) is 0 Å². The Bertz CT molecular complexity index is 20.8. The monoisotopic (exact) mass is 135 g/mol. The Balaban J connectivity index is 2.34. The van der Waals surface area contributed by atoms with Gasteiger partial charge in [0.15, 0.2) is 0 Å². The van der Waals surface area contributed by atoms with Crippen LogP contribution in [0.4, 0.5) is 0 Å². The van der Waals surface area contributed by atoms with Crippen molar-refractivity contribution in [1.82, 2.24) is 0 Å². The molecule has 0 aliphatic heterocycles. The molecule has 0 amide bonds. The highest BCUT2D eigenvalue weighted by Gasteiger charge is 1.77. The first-order valence-corrected chi connectivity index (χ1v) is 13.3. The summed E-state index contributed by atoms with van der Waals surface area (Å²) in [7, 11) is 2.65. The Morgan fingerprint density at radius 2 is 2.33 bits per heavy atom. The zero-order valence-electron chi connectivity index (χ0n) is 4.41. The molecule has 0 saturated carbocycles. The van der Waals surface area contributed by atoms with Crippen LogP contribution in [0.1, 0.15) is 0 Å². The van der Waals surface area contributed by atoms with Gasteiger partial charge in [-0.25, -0.2) is 0 Å². The van der Waals surface area contributed by atoms with Crippen molar-refractivity contribution in [3.05, 3.63) is 0 Å². The van der Waals surface area contributed by atoms with Crippen LogP contribution in [-0.4, -0.2) is 33.9 Å². The van der Waals surface area contributed by atoms with Crippen molar-refractivity contribution in [2.24, 2.45) is 5.73 Å². The highest BCUT2D eigenvalue weighted by atomic mass is 29.5. The van der Waals surface area contributed by atoms with Gasteiger partial charge in [0, 0.05) is 9.04 Å². The second kappa shape index (κ2) is 5.61. The highest BCUT2D eigenvalue weighted by Crippen LogP contribution is 1.64. The summed E-state index contributed by atoms with van der Waals surface area (Å²) < 4.78 is 0. The maximum atomic E-state index is 5.29. The van der Waals surface area contributed by atoms with Gasteiger partial charge in [0.2, 0.25) is 0 Å². The minimum atomic E-state index is 0.497. The molecular weight excluding hydrogens is 122 g/mol. The Labute approximate surface area is 46.3 Å². The summed E-state index contributed by atoms with van der Waals surface area (Å²) >= 11 is 0. The van der Waals surface area contributed by atoms with Gasteiger partial charge in [0.05, 0.1) is 0 Å². The zero-order valence-corrected chi connectivity index (χ0v) is 9.23. The molecule has 0 aromatic carbocycles. The molecule has 0 heterocycles. The molecule has 1 nitrogen and oxygen atoms in total. The van der Waals surface area contributed by atoms with E-state index in [1.54, 1.807) is 9.76 Å². The molecule has 0 radical (unpaired) electrons. The van der Waals surface area contributed by atoms with E-state index >= 15 is 0 Å². The smallest absolute Gasteiger partial charge is 0.00618 e. The molecule has 0 saturated heterocycles. The molecule has 0 atom stereocenters. The first kappa shape index (κ1) is 6.61. The highest BCUT2D eigenvalue weighted by molar-refractivity contribution is 7.23. The molecule has 0 spiro atoms. The first-order valence-electron chi connectivity index (χ1n) is 2.62. The van der Waals surface area contributed by atoms with Gasteiger partial charge in [0.1, 0.15) is 0 Å². The summed E-state index contributed by atoms with van der Waals surface area (Å²) in [6, 6.07) is 1.43. The van der Waals surface area contributed by atoms with E-state index in [9.17, 15) is 0 Å². The number of nitrogens with two attached hydrogens (primary N) is 1. The van der Waals surface area contributed by atoms with Crippen LogP contribution < -0.4 is 5.73 Å². The standard InChI is InChI=1S/C2H13NSi3/c3-1-2-5-6-4/h1-3,5-6H2,4H3. The minimum Gasteiger partial charge on any atom is -0.331 e. The Hall–Kier alpha value is 0.611.